The second-order valence-electron chi connectivity index (χ2n) is 4.77. The molecule has 26 heavy (non-hydrogen) atoms. The minimum atomic E-state index is -3.01. The molecule has 3 aromatic rings. The molecule has 0 aliphatic rings. The van der Waals surface area contributed by atoms with Crippen molar-refractivity contribution in [2.75, 3.05) is 4.72 Å². The number of anilines is 1. The summed E-state index contributed by atoms with van der Waals surface area (Å²) in [5.41, 5.74) is 0.274. The van der Waals surface area contributed by atoms with Crippen molar-refractivity contribution in [1.29, 1.82) is 0 Å². The Morgan fingerprint density at radius 2 is 2.08 bits per heavy atom. The van der Waals surface area contributed by atoms with Crippen molar-refractivity contribution < 1.29 is 30.8 Å². The van der Waals surface area contributed by atoms with E-state index in [1.165, 1.54) is 24.4 Å². The Morgan fingerprint density at radius 3 is 2.73 bits per heavy atom. The van der Waals surface area contributed by atoms with E-state index in [9.17, 15) is 21.8 Å². The number of ether oxygens (including phenoxy) is 1. The summed E-state index contributed by atoms with van der Waals surface area (Å²) in [6, 6.07) is 4.02. The van der Waals surface area contributed by atoms with Crippen LogP contribution in [0.4, 0.5) is 23.2 Å². The van der Waals surface area contributed by atoms with Gasteiger partial charge in [0.15, 0.2) is 11.0 Å². The lowest BCUT2D eigenvalue weighted by Crippen LogP contribution is -2.06. The van der Waals surface area contributed by atoms with Gasteiger partial charge in [-0.25, -0.2) is 4.21 Å². The summed E-state index contributed by atoms with van der Waals surface area (Å²) in [6.45, 7) is -5.98. The number of rotatable bonds is 7. The minimum absolute atomic E-state index is 0.0734. The number of alkyl halides is 4. The van der Waals surface area contributed by atoms with Gasteiger partial charge in [0.2, 0.25) is 0 Å². The zero-order chi connectivity index (χ0) is 18.8. The first-order valence-corrected chi connectivity index (χ1v) is 8.25. The maximum atomic E-state index is 12.8. The Hall–Kier alpha value is -2.47. The molecule has 7 nitrogen and oxygen atoms in total. The third-order valence-electron chi connectivity index (χ3n) is 3.25. The van der Waals surface area contributed by atoms with Gasteiger partial charge in [-0.2, -0.15) is 27.3 Å². The molecule has 2 N–H and O–H groups in total. The Bertz CT molecular complexity index is 949. The van der Waals surface area contributed by atoms with Gasteiger partial charge in [-0.15, -0.1) is 0 Å². The lowest BCUT2D eigenvalue weighted by molar-refractivity contribution is -0.0497. The molecule has 0 bridgehead atoms. The van der Waals surface area contributed by atoms with Crippen LogP contribution in [0.25, 0.3) is 10.9 Å². The van der Waals surface area contributed by atoms with Crippen LogP contribution in [0.15, 0.2) is 35.5 Å². The third-order valence-corrected chi connectivity index (χ3v) is 4.54. The number of aromatic amines is 1. The summed E-state index contributed by atoms with van der Waals surface area (Å²) in [7, 11) is -1.91. The number of nitrogens with one attached hydrogen (secondary N) is 2. The number of hydrogen-bond acceptors (Lipinski definition) is 4. The summed E-state index contributed by atoms with van der Waals surface area (Å²) in [6.07, 6.45) is 2.35. The predicted molar refractivity (Wildman–Crippen MR) is 84.9 cm³/mol. The van der Waals surface area contributed by atoms with Crippen molar-refractivity contribution in [3.8, 4) is 11.6 Å². The average molecular weight is 413 g/mol. The molecule has 0 aliphatic heterocycles. The van der Waals surface area contributed by atoms with E-state index in [1.807, 2.05) is 0 Å². The lowest BCUT2D eigenvalue weighted by atomic mass is 10.2. The Morgan fingerprint density at radius 1 is 1.31 bits per heavy atom. The van der Waals surface area contributed by atoms with Crippen LogP contribution in [0.5, 0.6) is 11.6 Å². The first-order chi connectivity index (χ1) is 12.4. The molecule has 3 rings (SSSR count). The molecule has 2 heterocycles. The number of aromatic nitrogens is 3. The van der Waals surface area contributed by atoms with Crippen LogP contribution in [0.2, 0.25) is 0 Å². The summed E-state index contributed by atoms with van der Waals surface area (Å²) < 4.78 is 73.8. The van der Waals surface area contributed by atoms with E-state index in [4.69, 9.17) is 11.9 Å². The lowest BCUT2D eigenvalue weighted by Gasteiger charge is -2.07. The molecule has 1 aromatic carbocycles. The highest BCUT2D eigenvalue weighted by Gasteiger charge is 2.21. The molecule has 2 aromatic heterocycles. The third kappa shape index (κ3) is 3.55. The number of benzene rings is 1. The number of hydrogen-bond donors (Lipinski definition) is 2. The van der Waals surface area contributed by atoms with Gasteiger partial charge in [0, 0.05) is 17.6 Å². The van der Waals surface area contributed by atoms with Crippen molar-refractivity contribution in [2.24, 2.45) is 0 Å². The van der Waals surface area contributed by atoms with Gasteiger partial charge < -0.3 is 14.0 Å². The molecule has 1 atom stereocenters. The number of fused-ring (bicyclic) bond motifs is 1. The highest BCUT2D eigenvalue weighted by molar-refractivity contribution is 7.86. The fraction of sp³-hybridized carbons (Fsp3) is 0.154. The second kappa shape index (κ2) is 7.41. The quantitative estimate of drug-likeness (QED) is 0.574. The van der Waals surface area contributed by atoms with Crippen LogP contribution >= 0.6 is 11.9 Å². The van der Waals surface area contributed by atoms with Gasteiger partial charge in [-0.05, 0) is 12.1 Å². The fourth-order valence-electron chi connectivity index (χ4n) is 2.20. The summed E-state index contributed by atoms with van der Waals surface area (Å²) >= 11 is 5.17. The smallest absolute Gasteiger partial charge is 0.387 e. The first kappa shape index (κ1) is 18.3. The van der Waals surface area contributed by atoms with Gasteiger partial charge in [0.25, 0.3) is 5.88 Å². The highest BCUT2D eigenvalue weighted by atomic mass is 35.5. The van der Waals surface area contributed by atoms with E-state index in [-0.39, 0.29) is 21.0 Å². The van der Waals surface area contributed by atoms with Crippen LogP contribution in [-0.4, -0.2) is 25.6 Å². The predicted octanol–water partition coefficient (Wildman–Crippen LogP) is 4.03. The standard InChI is InChI=1S/C13H9ClF4N4O3S/c14-25-11-9(4-20-22(11)12(15)16)21-26(23)10-5-19-8-3-6(24-13(17)18)1-2-7(8)10/h1-5,12-13,19,21H. The van der Waals surface area contributed by atoms with Gasteiger partial charge in [-0.1, -0.05) is 0 Å². The zero-order valence-electron chi connectivity index (χ0n) is 12.5. The van der Waals surface area contributed by atoms with Crippen molar-refractivity contribution in [3.63, 3.8) is 0 Å². The van der Waals surface area contributed by atoms with Crippen molar-refractivity contribution in [1.82, 2.24) is 14.8 Å². The second-order valence-corrected chi connectivity index (χ2v) is 6.11. The molecular weight excluding hydrogens is 404 g/mol. The normalized spacial score (nSPS) is 12.7. The van der Waals surface area contributed by atoms with Crippen LogP contribution in [0.1, 0.15) is 6.55 Å². The van der Waals surface area contributed by atoms with E-state index in [0.717, 1.165) is 6.20 Å². The monoisotopic (exact) mass is 412 g/mol. The maximum Gasteiger partial charge on any atom is 0.387 e. The molecule has 0 fully saturated rings. The number of halogens is 5. The zero-order valence-corrected chi connectivity index (χ0v) is 14.0. The van der Waals surface area contributed by atoms with Crippen molar-refractivity contribution in [2.45, 2.75) is 18.1 Å². The average Bonchev–Trinajstić information content (AvgIpc) is 3.17. The maximum absolute atomic E-state index is 12.8. The molecule has 0 amide bonds. The number of nitrogens with zero attached hydrogens (tertiary/aromatic N) is 2. The van der Waals surface area contributed by atoms with Gasteiger partial charge in [0.1, 0.15) is 23.3 Å². The first-order valence-electron chi connectivity index (χ1n) is 6.79. The minimum Gasteiger partial charge on any atom is -0.435 e. The largest absolute Gasteiger partial charge is 0.435 e. The highest BCUT2D eigenvalue weighted by Crippen LogP contribution is 2.32. The van der Waals surface area contributed by atoms with Crippen molar-refractivity contribution in [3.05, 3.63) is 30.6 Å². The topological polar surface area (TPSA) is 81.2 Å². The van der Waals surface area contributed by atoms with Gasteiger partial charge in [0.05, 0.1) is 16.6 Å². The Labute approximate surface area is 150 Å². The summed E-state index contributed by atoms with van der Waals surface area (Å²) in [4.78, 5) is 3.01. The Balaban J connectivity index is 1.87. The van der Waals surface area contributed by atoms with E-state index in [0.29, 0.717) is 10.9 Å². The molecule has 1 unspecified atom stereocenters. The van der Waals surface area contributed by atoms with Gasteiger partial charge in [-0.3, -0.25) is 4.72 Å². The van der Waals surface area contributed by atoms with E-state index < -0.39 is 30.0 Å². The van der Waals surface area contributed by atoms with Crippen LogP contribution in [-0.2, 0) is 11.0 Å². The van der Waals surface area contributed by atoms with Crippen LogP contribution in [0.3, 0.4) is 0 Å². The van der Waals surface area contributed by atoms with E-state index >= 15 is 0 Å². The van der Waals surface area contributed by atoms with Crippen LogP contribution < -0.4 is 13.7 Å². The molecule has 0 saturated heterocycles. The molecule has 140 valence electrons. The molecule has 0 saturated carbocycles. The fourth-order valence-corrected chi connectivity index (χ4v) is 3.35. The Kier molecular flexibility index (Phi) is 5.23. The number of H-pyrrole nitrogens is 1. The van der Waals surface area contributed by atoms with Gasteiger partial charge >= 0.3 is 13.2 Å². The molecule has 13 heteroatoms. The molecular formula is C13H9ClF4N4O3S. The van der Waals surface area contributed by atoms with E-state index in [2.05, 4.69) is 23.8 Å². The van der Waals surface area contributed by atoms with E-state index in [1.54, 1.807) is 0 Å². The van der Waals surface area contributed by atoms with Crippen LogP contribution in [0, 0.1) is 0 Å². The molecule has 0 spiro atoms. The summed E-state index contributed by atoms with van der Waals surface area (Å²) in [5, 5.41) is 3.84. The molecule has 0 aliphatic carbocycles. The van der Waals surface area contributed by atoms with Crippen molar-refractivity contribution >= 4 is 39.4 Å². The SMILES string of the molecule is O=S(Nc1cnn(C(F)F)c1OCl)c1c[nH]c2cc(OC(F)F)ccc12. The summed E-state index contributed by atoms with van der Waals surface area (Å²) in [5.74, 6) is -0.585. The molecule has 0 radical (unpaired) electrons.